The summed E-state index contributed by atoms with van der Waals surface area (Å²) in [6.45, 7) is 0. The van der Waals surface area contributed by atoms with Crippen molar-refractivity contribution in [2.75, 3.05) is 7.05 Å². The molecule has 5 heteroatoms. The average molecular weight is 265 g/mol. The summed E-state index contributed by atoms with van der Waals surface area (Å²) in [4.78, 5) is 8.17. The van der Waals surface area contributed by atoms with Gasteiger partial charge in [-0.05, 0) is 25.2 Å². The molecule has 20 heavy (non-hydrogen) atoms. The molecule has 0 radical (unpaired) electrons. The van der Waals surface area contributed by atoms with Crippen LogP contribution in [0.5, 0.6) is 0 Å². The second kappa shape index (κ2) is 5.63. The third-order valence-corrected chi connectivity index (χ3v) is 3.17. The Morgan fingerprint density at radius 3 is 2.50 bits per heavy atom. The lowest BCUT2D eigenvalue weighted by Crippen LogP contribution is -2.21. The van der Waals surface area contributed by atoms with Crippen LogP contribution in [0.25, 0.3) is 5.69 Å². The van der Waals surface area contributed by atoms with E-state index in [0.717, 1.165) is 16.9 Å². The summed E-state index contributed by atoms with van der Waals surface area (Å²) in [6.07, 6.45) is 6.97. The van der Waals surface area contributed by atoms with Crippen molar-refractivity contribution in [1.82, 2.24) is 25.1 Å². The number of para-hydroxylation sites is 1. The minimum absolute atomic E-state index is 0.00101. The van der Waals surface area contributed by atoms with Crippen molar-refractivity contribution < 1.29 is 0 Å². The number of nitrogens with zero attached hydrogens (tertiary/aromatic N) is 4. The number of hydrogen-bond donors (Lipinski definition) is 1. The van der Waals surface area contributed by atoms with E-state index in [4.69, 9.17) is 0 Å². The van der Waals surface area contributed by atoms with E-state index in [9.17, 15) is 0 Å². The van der Waals surface area contributed by atoms with Crippen molar-refractivity contribution in [2.45, 2.75) is 6.04 Å². The summed E-state index contributed by atoms with van der Waals surface area (Å²) >= 11 is 0. The van der Waals surface area contributed by atoms with Crippen molar-refractivity contribution >= 4 is 0 Å². The highest BCUT2D eigenvalue weighted by molar-refractivity contribution is 5.35. The minimum atomic E-state index is -0.00101. The number of benzene rings is 1. The van der Waals surface area contributed by atoms with Crippen molar-refractivity contribution in [3.63, 3.8) is 0 Å². The summed E-state index contributed by atoms with van der Waals surface area (Å²) in [5.74, 6) is 0. The molecule has 0 amide bonds. The maximum atomic E-state index is 4.42. The zero-order chi connectivity index (χ0) is 13.8. The summed E-state index contributed by atoms with van der Waals surface area (Å²) in [7, 11) is 1.92. The van der Waals surface area contributed by atoms with E-state index in [1.165, 1.54) is 6.33 Å². The monoisotopic (exact) mass is 265 g/mol. The molecule has 1 unspecified atom stereocenters. The Morgan fingerprint density at radius 2 is 1.80 bits per heavy atom. The zero-order valence-electron chi connectivity index (χ0n) is 11.1. The molecule has 0 aliphatic carbocycles. The molecule has 2 aromatic heterocycles. The number of hydrogen-bond acceptors (Lipinski definition) is 4. The van der Waals surface area contributed by atoms with Crippen LogP contribution in [0.15, 0.2) is 61.3 Å². The molecule has 1 atom stereocenters. The van der Waals surface area contributed by atoms with Crippen LogP contribution in [0, 0.1) is 0 Å². The fraction of sp³-hybridized carbons (Fsp3) is 0.133. The Morgan fingerprint density at radius 1 is 1.05 bits per heavy atom. The largest absolute Gasteiger partial charge is 0.308 e. The van der Waals surface area contributed by atoms with Gasteiger partial charge in [0.2, 0.25) is 0 Å². The van der Waals surface area contributed by atoms with Crippen LogP contribution in [-0.4, -0.2) is 26.8 Å². The van der Waals surface area contributed by atoms with Gasteiger partial charge in [-0.3, -0.25) is 0 Å². The lowest BCUT2D eigenvalue weighted by atomic mass is 10.1. The molecular weight excluding hydrogens is 250 g/mol. The first-order chi connectivity index (χ1) is 9.90. The van der Waals surface area contributed by atoms with E-state index in [1.807, 2.05) is 60.5 Å². The van der Waals surface area contributed by atoms with E-state index in [0.29, 0.717) is 0 Å². The molecule has 0 saturated carbocycles. The van der Waals surface area contributed by atoms with Crippen molar-refractivity contribution in [2.24, 2.45) is 0 Å². The molecule has 0 saturated heterocycles. The summed E-state index contributed by atoms with van der Waals surface area (Å²) in [5, 5.41) is 7.71. The number of rotatable bonds is 4. The molecule has 1 aromatic carbocycles. The Hall–Kier alpha value is -2.53. The van der Waals surface area contributed by atoms with Gasteiger partial charge in [-0.25, -0.2) is 14.6 Å². The van der Waals surface area contributed by atoms with Crippen molar-refractivity contribution in [3.8, 4) is 5.69 Å². The van der Waals surface area contributed by atoms with Gasteiger partial charge in [0, 0.05) is 24.2 Å². The lowest BCUT2D eigenvalue weighted by Gasteiger charge is -2.17. The second-order valence-corrected chi connectivity index (χ2v) is 4.40. The smallest absolute Gasteiger partial charge is 0.115 e. The van der Waals surface area contributed by atoms with E-state index < -0.39 is 0 Å². The normalized spacial score (nSPS) is 12.2. The highest BCUT2D eigenvalue weighted by Crippen LogP contribution is 2.22. The van der Waals surface area contributed by atoms with Crippen molar-refractivity contribution in [3.05, 3.63) is 72.6 Å². The Labute approximate surface area is 117 Å². The number of aromatic nitrogens is 4. The van der Waals surface area contributed by atoms with E-state index in [-0.39, 0.29) is 6.04 Å². The van der Waals surface area contributed by atoms with Gasteiger partial charge >= 0.3 is 0 Å². The maximum absolute atomic E-state index is 4.42. The highest BCUT2D eigenvalue weighted by Gasteiger charge is 2.17. The first-order valence-electron chi connectivity index (χ1n) is 6.41. The van der Waals surface area contributed by atoms with Crippen LogP contribution in [-0.2, 0) is 0 Å². The maximum Gasteiger partial charge on any atom is 0.115 e. The van der Waals surface area contributed by atoms with Crippen LogP contribution in [0.1, 0.15) is 17.3 Å². The quantitative estimate of drug-likeness (QED) is 0.783. The molecule has 1 N–H and O–H groups in total. The van der Waals surface area contributed by atoms with Gasteiger partial charge in [-0.15, -0.1) is 0 Å². The zero-order valence-corrected chi connectivity index (χ0v) is 11.1. The topological polar surface area (TPSA) is 55.6 Å². The van der Waals surface area contributed by atoms with Crippen LogP contribution < -0.4 is 5.32 Å². The van der Waals surface area contributed by atoms with Gasteiger partial charge < -0.3 is 5.32 Å². The Bertz CT molecular complexity index is 663. The van der Waals surface area contributed by atoms with Gasteiger partial charge in [0.05, 0.1) is 17.4 Å². The Kier molecular flexibility index (Phi) is 3.52. The molecular formula is C15H15N5. The predicted molar refractivity (Wildman–Crippen MR) is 76.5 cm³/mol. The molecule has 0 fully saturated rings. The van der Waals surface area contributed by atoms with Gasteiger partial charge in [0.1, 0.15) is 6.33 Å². The summed E-state index contributed by atoms with van der Waals surface area (Å²) in [6, 6.07) is 12.1. The standard InChI is InChI=1S/C15H15N5/c1-16-15(12-9-17-11-18-10-12)14-7-8-19-20(14)13-5-3-2-4-6-13/h2-11,15-16H,1H3. The van der Waals surface area contributed by atoms with Gasteiger partial charge in [-0.2, -0.15) is 5.10 Å². The SMILES string of the molecule is CNC(c1cncnc1)c1ccnn1-c1ccccc1. The number of nitrogens with one attached hydrogen (secondary N) is 1. The van der Waals surface area contributed by atoms with Crippen LogP contribution in [0.3, 0.4) is 0 Å². The summed E-state index contributed by atoms with van der Waals surface area (Å²) < 4.78 is 1.92. The van der Waals surface area contributed by atoms with Gasteiger partial charge in [0.15, 0.2) is 0 Å². The van der Waals surface area contributed by atoms with Crippen LogP contribution >= 0.6 is 0 Å². The van der Waals surface area contributed by atoms with Crippen molar-refractivity contribution in [1.29, 1.82) is 0 Å². The molecule has 100 valence electrons. The van der Waals surface area contributed by atoms with E-state index in [1.54, 1.807) is 6.20 Å². The lowest BCUT2D eigenvalue weighted by molar-refractivity contribution is 0.633. The predicted octanol–water partition coefficient (Wildman–Crippen LogP) is 1.97. The third-order valence-electron chi connectivity index (χ3n) is 3.17. The molecule has 0 bridgehead atoms. The molecule has 3 rings (SSSR count). The third kappa shape index (κ3) is 2.31. The Balaban J connectivity index is 2.04. The summed E-state index contributed by atoms with van der Waals surface area (Å²) in [5.41, 5.74) is 3.09. The molecule has 0 aliphatic heterocycles. The molecule has 3 aromatic rings. The van der Waals surface area contributed by atoms with E-state index >= 15 is 0 Å². The highest BCUT2D eigenvalue weighted by atomic mass is 15.3. The molecule has 0 spiro atoms. The minimum Gasteiger partial charge on any atom is -0.308 e. The molecule has 5 nitrogen and oxygen atoms in total. The van der Waals surface area contributed by atoms with E-state index in [2.05, 4.69) is 20.4 Å². The first kappa shape index (κ1) is 12.5. The van der Waals surface area contributed by atoms with Crippen LogP contribution in [0.2, 0.25) is 0 Å². The molecule has 2 heterocycles. The molecule has 0 aliphatic rings. The van der Waals surface area contributed by atoms with Gasteiger partial charge in [0.25, 0.3) is 0 Å². The second-order valence-electron chi connectivity index (χ2n) is 4.40. The fourth-order valence-electron chi connectivity index (χ4n) is 2.26. The fourth-order valence-corrected chi connectivity index (χ4v) is 2.26. The average Bonchev–Trinajstić information content (AvgIpc) is 2.99. The van der Waals surface area contributed by atoms with Gasteiger partial charge in [-0.1, -0.05) is 18.2 Å². The first-order valence-corrected chi connectivity index (χ1v) is 6.41. The van der Waals surface area contributed by atoms with Crippen LogP contribution in [0.4, 0.5) is 0 Å².